The molecule has 0 bridgehead atoms. The fourth-order valence-corrected chi connectivity index (χ4v) is 1.54. The summed E-state index contributed by atoms with van der Waals surface area (Å²) in [4.78, 5) is 27.0. The lowest BCUT2D eigenvalue weighted by Gasteiger charge is -2.06. The van der Waals surface area contributed by atoms with Gasteiger partial charge < -0.3 is 9.72 Å². The monoisotopic (exact) mass is 268 g/mol. The highest BCUT2D eigenvalue weighted by atomic mass is 32.2. The fraction of sp³-hybridized carbons (Fsp3) is 0.375. The van der Waals surface area contributed by atoms with Gasteiger partial charge in [0.2, 0.25) is 0 Å². The van der Waals surface area contributed by atoms with Gasteiger partial charge in [0.05, 0.1) is 12.9 Å². The number of nitrogens with zero attached hydrogens (tertiary/aromatic N) is 1. The summed E-state index contributed by atoms with van der Waals surface area (Å²) in [5, 5.41) is -0.282. The fourth-order valence-electron chi connectivity index (χ4n) is 0.835. The number of aromatic amines is 1. The molecule has 1 N–H and O–H groups in total. The van der Waals surface area contributed by atoms with Crippen LogP contribution in [0.4, 0.5) is 13.2 Å². The second kappa shape index (κ2) is 5.21. The quantitative estimate of drug-likeness (QED) is 0.504. The number of alkyl halides is 3. The third-order valence-electron chi connectivity index (χ3n) is 1.56. The van der Waals surface area contributed by atoms with Crippen molar-refractivity contribution in [2.75, 3.05) is 12.9 Å². The Morgan fingerprint density at radius 3 is 2.76 bits per heavy atom. The summed E-state index contributed by atoms with van der Waals surface area (Å²) in [6, 6.07) is 0.349. The normalized spacial score (nSPS) is 11.3. The molecule has 0 atom stereocenters. The van der Waals surface area contributed by atoms with Crippen molar-refractivity contribution in [1.29, 1.82) is 0 Å². The summed E-state index contributed by atoms with van der Waals surface area (Å²) < 4.78 is 41.2. The first-order valence-corrected chi connectivity index (χ1v) is 5.19. The Morgan fingerprint density at radius 1 is 1.59 bits per heavy atom. The van der Waals surface area contributed by atoms with E-state index in [9.17, 15) is 22.8 Å². The lowest BCUT2D eigenvalue weighted by atomic mass is 10.4. The highest BCUT2D eigenvalue weighted by Crippen LogP contribution is 2.27. The van der Waals surface area contributed by atoms with Crippen molar-refractivity contribution in [3.63, 3.8) is 0 Å². The van der Waals surface area contributed by atoms with Gasteiger partial charge in [-0.3, -0.25) is 9.59 Å². The van der Waals surface area contributed by atoms with Crippen LogP contribution in [0.1, 0.15) is 5.69 Å². The first-order chi connectivity index (χ1) is 7.82. The van der Waals surface area contributed by atoms with E-state index in [1.807, 2.05) is 0 Å². The van der Waals surface area contributed by atoms with Gasteiger partial charge in [0, 0.05) is 6.07 Å². The molecule has 0 aliphatic rings. The van der Waals surface area contributed by atoms with E-state index in [1.54, 1.807) is 0 Å². The molecule has 0 spiro atoms. The van der Waals surface area contributed by atoms with E-state index in [-0.39, 0.29) is 10.9 Å². The molecule has 1 heterocycles. The van der Waals surface area contributed by atoms with E-state index in [1.165, 1.54) is 0 Å². The zero-order valence-corrected chi connectivity index (χ0v) is 9.32. The molecule has 1 aromatic heterocycles. The Hall–Kier alpha value is -1.51. The minimum Gasteiger partial charge on any atom is -0.468 e. The van der Waals surface area contributed by atoms with Crippen LogP contribution in [0.25, 0.3) is 0 Å². The maximum atomic E-state index is 12.3. The lowest BCUT2D eigenvalue weighted by Crippen LogP contribution is -2.17. The molecular formula is C8H7F3N2O3S. The lowest BCUT2D eigenvalue weighted by molar-refractivity contribution is -0.141. The minimum atomic E-state index is -4.70. The molecule has 0 aromatic carbocycles. The number of aromatic nitrogens is 2. The third kappa shape index (κ3) is 4.10. The Labute approximate surface area is 97.4 Å². The molecule has 0 fully saturated rings. The van der Waals surface area contributed by atoms with Gasteiger partial charge in [-0.25, -0.2) is 4.98 Å². The van der Waals surface area contributed by atoms with Crippen LogP contribution in [0, 0.1) is 0 Å². The number of carbonyl (C=O) groups is 1. The average Bonchev–Trinajstić information content (AvgIpc) is 2.24. The predicted molar refractivity (Wildman–Crippen MR) is 52.6 cm³/mol. The molecule has 0 aliphatic carbocycles. The highest BCUT2D eigenvalue weighted by Gasteiger charge is 2.33. The second-order valence-corrected chi connectivity index (χ2v) is 3.76. The van der Waals surface area contributed by atoms with Gasteiger partial charge in [-0.15, -0.1) is 0 Å². The first kappa shape index (κ1) is 13.6. The van der Waals surface area contributed by atoms with Gasteiger partial charge in [-0.05, 0) is 0 Å². The number of carbonyl (C=O) groups excluding carboxylic acids is 1. The molecule has 5 nitrogen and oxygen atoms in total. The molecule has 1 aromatic rings. The van der Waals surface area contributed by atoms with Crippen LogP contribution in [0.5, 0.6) is 0 Å². The number of ether oxygens (including phenoxy) is 1. The van der Waals surface area contributed by atoms with Crippen molar-refractivity contribution >= 4 is 17.7 Å². The molecule has 0 amide bonds. The number of esters is 1. The number of nitrogens with one attached hydrogen (secondary N) is 1. The zero-order valence-electron chi connectivity index (χ0n) is 8.50. The van der Waals surface area contributed by atoms with Gasteiger partial charge >= 0.3 is 12.1 Å². The molecular weight excluding hydrogens is 261 g/mol. The van der Waals surface area contributed by atoms with Gasteiger partial charge in [0.25, 0.3) is 5.56 Å². The summed E-state index contributed by atoms with van der Waals surface area (Å²) >= 11 is 0.656. The Bertz CT molecular complexity index is 472. The predicted octanol–water partition coefficient (Wildman–Crippen LogP) is 1.05. The molecule has 0 saturated carbocycles. The first-order valence-electron chi connectivity index (χ1n) is 4.21. The van der Waals surface area contributed by atoms with Crippen LogP contribution in [-0.2, 0) is 15.7 Å². The van der Waals surface area contributed by atoms with E-state index in [2.05, 4.69) is 14.7 Å². The Morgan fingerprint density at radius 2 is 2.24 bits per heavy atom. The standard InChI is InChI=1S/C8H7F3N2O3S/c1-16-6(15)3-17-7-12-4(8(9,10)11)2-5(14)13-7/h2H,3H2,1H3,(H,12,13,14). The summed E-state index contributed by atoms with van der Waals surface area (Å²) in [7, 11) is 1.14. The summed E-state index contributed by atoms with van der Waals surface area (Å²) in [6.07, 6.45) is -4.70. The van der Waals surface area contributed by atoms with Crippen LogP contribution < -0.4 is 5.56 Å². The third-order valence-corrected chi connectivity index (χ3v) is 2.41. The van der Waals surface area contributed by atoms with Crippen LogP contribution in [0.15, 0.2) is 16.0 Å². The van der Waals surface area contributed by atoms with Crippen molar-refractivity contribution < 1.29 is 22.7 Å². The molecule has 0 saturated heterocycles. The number of hydrogen-bond donors (Lipinski definition) is 1. The van der Waals surface area contributed by atoms with Crippen LogP contribution >= 0.6 is 11.8 Å². The summed E-state index contributed by atoms with van der Waals surface area (Å²) in [5.74, 6) is -0.865. The smallest absolute Gasteiger partial charge is 0.433 e. The van der Waals surface area contributed by atoms with Crippen molar-refractivity contribution in [3.8, 4) is 0 Å². The summed E-state index contributed by atoms with van der Waals surface area (Å²) in [5.41, 5.74) is -2.23. The molecule has 17 heavy (non-hydrogen) atoms. The van der Waals surface area contributed by atoms with Crippen LogP contribution in [0.2, 0.25) is 0 Å². The number of rotatable bonds is 3. The van der Waals surface area contributed by atoms with Gasteiger partial charge in [0.1, 0.15) is 0 Å². The molecule has 9 heteroatoms. The molecule has 1 rings (SSSR count). The number of thioether (sulfide) groups is 1. The van der Waals surface area contributed by atoms with Gasteiger partial charge in [0.15, 0.2) is 10.9 Å². The van der Waals surface area contributed by atoms with Gasteiger partial charge in [-0.1, -0.05) is 11.8 Å². The van der Waals surface area contributed by atoms with E-state index in [0.717, 1.165) is 7.11 Å². The van der Waals surface area contributed by atoms with E-state index < -0.39 is 23.4 Å². The molecule has 94 valence electrons. The van der Waals surface area contributed by atoms with Crippen molar-refractivity contribution in [1.82, 2.24) is 9.97 Å². The minimum absolute atomic E-state index is 0.235. The SMILES string of the molecule is COC(=O)CSc1nc(C(F)(F)F)cc(=O)[nH]1. The second-order valence-electron chi connectivity index (χ2n) is 2.80. The van der Waals surface area contributed by atoms with E-state index in [4.69, 9.17) is 0 Å². The van der Waals surface area contributed by atoms with E-state index >= 15 is 0 Å². The molecule has 0 radical (unpaired) electrons. The Kier molecular flexibility index (Phi) is 4.16. The van der Waals surface area contributed by atoms with Crippen molar-refractivity contribution in [2.24, 2.45) is 0 Å². The maximum absolute atomic E-state index is 12.3. The highest BCUT2D eigenvalue weighted by molar-refractivity contribution is 7.99. The van der Waals surface area contributed by atoms with E-state index in [0.29, 0.717) is 17.8 Å². The number of methoxy groups -OCH3 is 1. The summed E-state index contributed by atoms with van der Waals surface area (Å²) in [6.45, 7) is 0. The topological polar surface area (TPSA) is 72.0 Å². The zero-order chi connectivity index (χ0) is 13.1. The number of H-pyrrole nitrogens is 1. The largest absolute Gasteiger partial charge is 0.468 e. The molecule has 0 aliphatic heterocycles. The number of hydrogen-bond acceptors (Lipinski definition) is 5. The number of halogens is 3. The van der Waals surface area contributed by atoms with Crippen LogP contribution in [0.3, 0.4) is 0 Å². The molecule has 0 unspecified atom stereocenters. The van der Waals surface area contributed by atoms with Crippen LogP contribution in [-0.4, -0.2) is 28.8 Å². The average molecular weight is 268 g/mol. The Balaban J connectivity index is 2.91. The van der Waals surface area contributed by atoms with Crippen molar-refractivity contribution in [3.05, 3.63) is 22.1 Å². The van der Waals surface area contributed by atoms with Gasteiger partial charge in [-0.2, -0.15) is 13.2 Å². The maximum Gasteiger partial charge on any atom is 0.433 e. The van der Waals surface area contributed by atoms with Crippen molar-refractivity contribution in [2.45, 2.75) is 11.3 Å².